The van der Waals surface area contributed by atoms with Gasteiger partial charge in [0.1, 0.15) is 0 Å². The van der Waals surface area contributed by atoms with E-state index in [2.05, 4.69) is 0 Å². The van der Waals surface area contributed by atoms with Crippen LogP contribution in [0.5, 0.6) is 0 Å². The van der Waals surface area contributed by atoms with Crippen LogP contribution in [0.2, 0.25) is 0 Å². The Bertz CT molecular complexity index is 108. The van der Waals surface area contributed by atoms with E-state index in [0.717, 1.165) is 12.8 Å². The van der Waals surface area contributed by atoms with E-state index in [9.17, 15) is 4.79 Å². The van der Waals surface area contributed by atoms with Gasteiger partial charge in [0, 0.05) is 0 Å². The van der Waals surface area contributed by atoms with Crippen molar-refractivity contribution in [3.63, 3.8) is 0 Å². The predicted molar refractivity (Wildman–Crippen MR) is 41.7 cm³/mol. The summed E-state index contributed by atoms with van der Waals surface area (Å²) in [5.41, 5.74) is 10.6. The first-order valence-electron chi connectivity index (χ1n) is 3.33. The average Bonchev–Trinajstić information content (AvgIpc) is 1.88. The van der Waals surface area contributed by atoms with Gasteiger partial charge in [-0.25, -0.2) is 0 Å². The van der Waals surface area contributed by atoms with Crippen molar-refractivity contribution >= 4 is 16.8 Å². The minimum Gasteiger partial charge on any atom is -0.330 e. The molecule has 4 N–H and O–H groups in total. The van der Waals surface area contributed by atoms with E-state index in [4.69, 9.17) is 23.1 Å². The molecule has 0 heterocycles. The number of carbonyl (C=O) groups excluding carboxylic acids is 1. The molecule has 1 atom stereocenters. The van der Waals surface area contributed by atoms with Crippen LogP contribution in [-0.2, 0) is 4.79 Å². The molecule has 0 saturated carbocycles. The molecule has 60 valence electrons. The summed E-state index contributed by atoms with van der Waals surface area (Å²) in [5.74, 6) is 0. The molecule has 0 amide bonds. The number of unbranched alkanes of at least 4 members (excludes halogenated alkanes) is 1. The van der Waals surface area contributed by atoms with Gasteiger partial charge in [-0.05, 0) is 31.0 Å². The van der Waals surface area contributed by atoms with Crippen molar-refractivity contribution in [2.24, 2.45) is 11.5 Å². The molecular formula is C6H13ClN2O. The third-order valence-corrected chi connectivity index (χ3v) is 1.54. The number of rotatable bonds is 5. The van der Waals surface area contributed by atoms with Gasteiger partial charge in [-0.1, -0.05) is 6.42 Å². The van der Waals surface area contributed by atoms with Crippen LogP contribution in [0.1, 0.15) is 19.3 Å². The van der Waals surface area contributed by atoms with E-state index in [0.29, 0.717) is 13.0 Å². The Morgan fingerprint density at radius 2 is 2.10 bits per heavy atom. The Balaban J connectivity index is 3.21. The number of hydrogen-bond acceptors (Lipinski definition) is 3. The van der Waals surface area contributed by atoms with Crippen LogP contribution in [0, 0.1) is 0 Å². The van der Waals surface area contributed by atoms with Gasteiger partial charge in [0.2, 0.25) is 5.24 Å². The van der Waals surface area contributed by atoms with Crippen LogP contribution >= 0.6 is 11.6 Å². The normalized spacial score (nSPS) is 13.1. The fourth-order valence-electron chi connectivity index (χ4n) is 0.622. The minimum atomic E-state index is -0.506. The lowest BCUT2D eigenvalue weighted by Gasteiger charge is -2.03. The van der Waals surface area contributed by atoms with Gasteiger partial charge >= 0.3 is 0 Å². The summed E-state index contributed by atoms with van der Waals surface area (Å²) in [4.78, 5) is 10.3. The monoisotopic (exact) mass is 164 g/mol. The maximum absolute atomic E-state index is 10.3. The molecule has 0 aliphatic carbocycles. The van der Waals surface area contributed by atoms with Gasteiger partial charge in [0.05, 0.1) is 6.04 Å². The summed E-state index contributed by atoms with van der Waals surface area (Å²) < 4.78 is 0. The van der Waals surface area contributed by atoms with E-state index in [1.165, 1.54) is 0 Å². The Hall–Kier alpha value is -0.120. The van der Waals surface area contributed by atoms with Gasteiger partial charge in [-0.15, -0.1) is 0 Å². The summed E-state index contributed by atoms with van der Waals surface area (Å²) in [7, 11) is 0. The van der Waals surface area contributed by atoms with E-state index >= 15 is 0 Å². The first-order valence-corrected chi connectivity index (χ1v) is 3.71. The second kappa shape index (κ2) is 5.65. The lowest BCUT2D eigenvalue weighted by Crippen LogP contribution is -2.26. The van der Waals surface area contributed by atoms with E-state index in [-0.39, 0.29) is 0 Å². The van der Waals surface area contributed by atoms with Crippen molar-refractivity contribution in [3.05, 3.63) is 0 Å². The predicted octanol–water partition coefficient (Wildman–Crippen LogP) is 0.208. The lowest BCUT2D eigenvalue weighted by atomic mass is 10.1. The summed E-state index contributed by atoms with van der Waals surface area (Å²) >= 11 is 5.11. The molecule has 0 aliphatic heterocycles. The third kappa shape index (κ3) is 4.73. The molecule has 0 saturated heterocycles. The largest absolute Gasteiger partial charge is 0.330 e. The highest BCUT2D eigenvalue weighted by atomic mass is 35.5. The SMILES string of the molecule is NCCCCC(N)C(=O)Cl. The highest BCUT2D eigenvalue weighted by Crippen LogP contribution is 2.00. The van der Waals surface area contributed by atoms with Gasteiger partial charge < -0.3 is 11.5 Å². The topological polar surface area (TPSA) is 69.1 Å². The molecule has 0 spiro atoms. The molecular weight excluding hydrogens is 152 g/mol. The van der Waals surface area contributed by atoms with Gasteiger partial charge in [-0.2, -0.15) is 0 Å². The van der Waals surface area contributed by atoms with Crippen LogP contribution in [0.4, 0.5) is 0 Å². The number of nitrogens with two attached hydrogens (primary N) is 2. The smallest absolute Gasteiger partial charge is 0.238 e. The van der Waals surface area contributed by atoms with Crippen molar-refractivity contribution in [2.75, 3.05) is 6.54 Å². The molecule has 0 aliphatic rings. The Kier molecular flexibility index (Phi) is 5.58. The molecule has 0 radical (unpaired) electrons. The Labute approximate surface area is 65.7 Å². The third-order valence-electron chi connectivity index (χ3n) is 1.26. The number of hydrogen-bond donors (Lipinski definition) is 2. The molecule has 0 aromatic heterocycles. The fraction of sp³-hybridized carbons (Fsp3) is 0.833. The van der Waals surface area contributed by atoms with Crippen LogP contribution < -0.4 is 11.5 Å². The summed E-state index contributed by atoms with van der Waals surface area (Å²) in [6.07, 6.45) is 2.41. The molecule has 0 aromatic carbocycles. The first-order chi connectivity index (χ1) is 4.68. The van der Waals surface area contributed by atoms with Crippen LogP contribution in [0.15, 0.2) is 0 Å². The van der Waals surface area contributed by atoms with Crippen LogP contribution in [-0.4, -0.2) is 17.8 Å². The molecule has 4 heteroatoms. The average molecular weight is 165 g/mol. The molecule has 0 bridgehead atoms. The van der Waals surface area contributed by atoms with Gasteiger partial charge in [-0.3, -0.25) is 4.79 Å². The fourth-order valence-corrected chi connectivity index (χ4v) is 0.731. The van der Waals surface area contributed by atoms with E-state index < -0.39 is 11.3 Å². The summed E-state index contributed by atoms with van der Waals surface area (Å²) in [6, 6.07) is -0.506. The van der Waals surface area contributed by atoms with E-state index in [1.54, 1.807) is 0 Å². The molecule has 0 aromatic rings. The maximum atomic E-state index is 10.3. The van der Waals surface area contributed by atoms with E-state index in [1.807, 2.05) is 0 Å². The van der Waals surface area contributed by atoms with Crippen molar-refractivity contribution < 1.29 is 4.79 Å². The van der Waals surface area contributed by atoms with Gasteiger partial charge in [0.15, 0.2) is 0 Å². The number of halogens is 1. The van der Waals surface area contributed by atoms with Crippen molar-refractivity contribution in [3.8, 4) is 0 Å². The van der Waals surface area contributed by atoms with Crippen LogP contribution in [0.25, 0.3) is 0 Å². The quantitative estimate of drug-likeness (QED) is 0.451. The van der Waals surface area contributed by atoms with Crippen molar-refractivity contribution in [1.82, 2.24) is 0 Å². The van der Waals surface area contributed by atoms with Crippen LogP contribution in [0.3, 0.4) is 0 Å². The second-order valence-corrected chi connectivity index (χ2v) is 2.57. The second-order valence-electron chi connectivity index (χ2n) is 2.20. The maximum Gasteiger partial charge on any atom is 0.238 e. The summed E-state index contributed by atoms with van der Waals surface area (Å²) in [6.45, 7) is 0.642. The molecule has 10 heavy (non-hydrogen) atoms. The Morgan fingerprint density at radius 1 is 1.50 bits per heavy atom. The summed E-state index contributed by atoms with van der Waals surface area (Å²) in [5, 5.41) is -0.461. The zero-order valence-electron chi connectivity index (χ0n) is 5.85. The zero-order chi connectivity index (χ0) is 7.98. The molecule has 0 fully saturated rings. The Morgan fingerprint density at radius 3 is 2.50 bits per heavy atom. The minimum absolute atomic E-state index is 0.461. The van der Waals surface area contributed by atoms with Crippen molar-refractivity contribution in [2.45, 2.75) is 25.3 Å². The highest BCUT2D eigenvalue weighted by Gasteiger charge is 2.08. The first kappa shape index (κ1) is 9.88. The van der Waals surface area contributed by atoms with Crippen molar-refractivity contribution in [1.29, 1.82) is 0 Å². The molecule has 1 unspecified atom stereocenters. The molecule has 3 nitrogen and oxygen atoms in total. The molecule has 0 rings (SSSR count). The van der Waals surface area contributed by atoms with Gasteiger partial charge in [0.25, 0.3) is 0 Å². The highest BCUT2D eigenvalue weighted by molar-refractivity contribution is 6.64. The number of carbonyl (C=O) groups is 1. The zero-order valence-corrected chi connectivity index (χ0v) is 6.60. The standard InChI is InChI=1S/C6H13ClN2O/c7-6(10)5(9)3-1-2-4-8/h5H,1-4,8-9H2. The lowest BCUT2D eigenvalue weighted by molar-refractivity contribution is -0.112.